The van der Waals surface area contributed by atoms with E-state index in [0.717, 1.165) is 51.4 Å². The van der Waals surface area contributed by atoms with E-state index in [1.807, 2.05) is 17.1 Å². The van der Waals surface area contributed by atoms with Crippen LogP contribution in [0.1, 0.15) is 149 Å². The third kappa shape index (κ3) is 32.0. The number of nitrogens with zero attached hydrogens (tertiary/aromatic N) is 1. The molecule has 0 aliphatic heterocycles. The SMILES string of the molecule is CCCCCC/C=C\COC(=O)CCCCCC(O)CN(CCCO)CC(O)CCCCCC(=O)OC/C=C/CCCCCC. The second kappa shape index (κ2) is 33.6. The summed E-state index contributed by atoms with van der Waals surface area (Å²) in [6, 6.07) is 0. The number of carbonyl (C=O) groups excluding carboxylic acids is 2. The van der Waals surface area contributed by atoms with Crippen LogP contribution in [0.4, 0.5) is 0 Å². The number of hydrogen-bond donors (Lipinski definition) is 3. The molecule has 0 heterocycles. The molecule has 8 heteroatoms. The van der Waals surface area contributed by atoms with Crippen LogP contribution in [0.15, 0.2) is 24.3 Å². The normalized spacial score (nSPS) is 13.2. The summed E-state index contributed by atoms with van der Waals surface area (Å²) in [5.41, 5.74) is 0. The molecule has 0 rings (SSSR count). The lowest BCUT2D eigenvalue weighted by atomic mass is 10.1. The molecule has 2 unspecified atom stereocenters. The number of carbonyl (C=O) groups is 2. The van der Waals surface area contributed by atoms with Crippen LogP contribution in [0, 0.1) is 0 Å². The van der Waals surface area contributed by atoms with Crippen molar-refractivity contribution in [2.24, 2.45) is 0 Å². The van der Waals surface area contributed by atoms with Gasteiger partial charge in [-0.05, 0) is 57.8 Å². The van der Waals surface area contributed by atoms with Gasteiger partial charge < -0.3 is 24.8 Å². The van der Waals surface area contributed by atoms with E-state index in [4.69, 9.17) is 9.47 Å². The Morgan fingerprint density at radius 2 is 1.04 bits per heavy atom. The van der Waals surface area contributed by atoms with Crippen molar-refractivity contribution in [2.45, 2.75) is 161 Å². The molecule has 0 fully saturated rings. The van der Waals surface area contributed by atoms with Crippen molar-refractivity contribution in [2.75, 3.05) is 39.5 Å². The predicted octanol–water partition coefficient (Wildman–Crippen LogP) is 7.43. The van der Waals surface area contributed by atoms with Crippen LogP contribution in [0.5, 0.6) is 0 Å². The summed E-state index contributed by atoms with van der Waals surface area (Å²) in [4.78, 5) is 25.9. The van der Waals surface area contributed by atoms with Crippen molar-refractivity contribution in [3.8, 4) is 0 Å². The number of hydrogen-bond acceptors (Lipinski definition) is 8. The average molecular weight is 640 g/mol. The molecule has 2 atom stereocenters. The van der Waals surface area contributed by atoms with Crippen LogP contribution in [0.25, 0.3) is 0 Å². The first-order valence-electron chi connectivity index (χ1n) is 18.2. The topological polar surface area (TPSA) is 117 Å². The lowest BCUT2D eigenvalue weighted by Crippen LogP contribution is -2.39. The highest BCUT2D eigenvalue weighted by molar-refractivity contribution is 5.69. The molecule has 0 aromatic heterocycles. The maximum atomic E-state index is 11.9. The van der Waals surface area contributed by atoms with Gasteiger partial charge in [-0.2, -0.15) is 0 Å². The minimum absolute atomic E-state index is 0.0678. The van der Waals surface area contributed by atoms with Crippen molar-refractivity contribution in [3.05, 3.63) is 24.3 Å². The second-order valence-corrected chi connectivity index (χ2v) is 12.4. The molecule has 0 radical (unpaired) electrons. The molecule has 3 N–H and O–H groups in total. The fourth-order valence-corrected chi connectivity index (χ4v) is 5.16. The Morgan fingerprint density at radius 3 is 1.47 bits per heavy atom. The summed E-state index contributed by atoms with van der Waals surface area (Å²) in [6.45, 7) is 6.66. The van der Waals surface area contributed by atoms with Gasteiger partial charge in [-0.1, -0.05) is 102 Å². The summed E-state index contributed by atoms with van der Waals surface area (Å²) >= 11 is 0. The maximum absolute atomic E-state index is 11.9. The number of aliphatic hydroxyl groups is 3. The van der Waals surface area contributed by atoms with Crippen LogP contribution < -0.4 is 0 Å². The average Bonchev–Trinajstić information content (AvgIpc) is 3.02. The molecule has 0 saturated heterocycles. The van der Waals surface area contributed by atoms with E-state index >= 15 is 0 Å². The molecule has 45 heavy (non-hydrogen) atoms. The molecule has 0 spiro atoms. The Kier molecular flexibility index (Phi) is 32.3. The van der Waals surface area contributed by atoms with Crippen LogP contribution >= 0.6 is 0 Å². The van der Waals surface area contributed by atoms with E-state index in [1.54, 1.807) is 0 Å². The molecule has 0 bridgehead atoms. The Balaban J connectivity index is 3.98. The highest BCUT2D eigenvalue weighted by Crippen LogP contribution is 2.12. The summed E-state index contributed by atoms with van der Waals surface area (Å²) in [5, 5.41) is 30.4. The summed E-state index contributed by atoms with van der Waals surface area (Å²) in [6.07, 6.45) is 26.4. The van der Waals surface area contributed by atoms with E-state index in [1.165, 1.54) is 51.4 Å². The van der Waals surface area contributed by atoms with Crippen molar-refractivity contribution >= 4 is 11.9 Å². The van der Waals surface area contributed by atoms with Gasteiger partial charge in [0.25, 0.3) is 0 Å². The van der Waals surface area contributed by atoms with Crippen LogP contribution in [0.2, 0.25) is 0 Å². The minimum atomic E-state index is -0.521. The standard InChI is InChI=1S/C37H69NO7/c1-3-5-7-9-11-13-21-30-44-36(42)26-19-15-17-24-34(40)32-38(28-23-29-39)33-35(41)25-18-16-20-27-37(43)45-31-22-14-12-10-8-6-4-2/h13-14,21-22,34-35,39-41H,3-12,15-20,23-33H2,1-2H3/b21-13-,22-14+. The van der Waals surface area contributed by atoms with Crippen LogP contribution in [-0.4, -0.2) is 83.8 Å². The largest absolute Gasteiger partial charge is 0.461 e. The quantitative estimate of drug-likeness (QED) is 0.0386. The predicted molar refractivity (Wildman–Crippen MR) is 184 cm³/mol. The summed E-state index contributed by atoms with van der Waals surface area (Å²) in [7, 11) is 0. The Morgan fingerprint density at radius 1 is 0.600 bits per heavy atom. The van der Waals surface area contributed by atoms with Gasteiger partial charge in [-0.15, -0.1) is 0 Å². The zero-order valence-electron chi connectivity index (χ0n) is 29.0. The van der Waals surface area contributed by atoms with Gasteiger partial charge in [-0.25, -0.2) is 0 Å². The molecule has 0 aliphatic rings. The molecule has 264 valence electrons. The van der Waals surface area contributed by atoms with Gasteiger partial charge in [0.15, 0.2) is 0 Å². The van der Waals surface area contributed by atoms with Crippen molar-refractivity contribution in [1.82, 2.24) is 4.90 Å². The van der Waals surface area contributed by atoms with Crippen molar-refractivity contribution in [3.63, 3.8) is 0 Å². The Labute approximate surface area is 275 Å². The van der Waals surface area contributed by atoms with Crippen LogP contribution in [0.3, 0.4) is 0 Å². The van der Waals surface area contributed by atoms with Gasteiger partial charge in [0.05, 0.1) is 12.2 Å². The molecular weight excluding hydrogens is 570 g/mol. The minimum Gasteiger partial charge on any atom is -0.461 e. The van der Waals surface area contributed by atoms with E-state index in [2.05, 4.69) is 26.0 Å². The lowest BCUT2D eigenvalue weighted by Gasteiger charge is -2.27. The first-order chi connectivity index (χ1) is 21.9. The highest BCUT2D eigenvalue weighted by atomic mass is 16.5. The summed E-state index contributed by atoms with van der Waals surface area (Å²) in [5.74, 6) is -0.349. The number of unbranched alkanes of at least 4 members (excludes halogenated alkanes) is 12. The lowest BCUT2D eigenvalue weighted by molar-refractivity contribution is -0.143. The summed E-state index contributed by atoms with van der Waals surface area (Å²) < 4.78 is 10.5. The van der Waals surface area contributed by atoms with Crippen molar-refractivity contribution < 1.29 is 34.4 Å². The molecule has 0 amide bonds. The van der Waals surface area contributed by atoms with E-state index in [0.29, 0.717) is 65.0 Å². The van der Waals surface area contributed by atoms with Gasteiger partial charge >= 0.3 is 11.9 Å². The fourth-order valence-electron chi connectivity index (χ4n) is 5.16. The molecule has 0 aliphatic carbocycles. The first kappa shape index (κ1) is 43.3. The smallest absolute Gasteiger partial charge is 0.306 e. The number of rotatable bonds is 33. The highest BCUT2D eigenvalue weighted by Gasteiger charge is 2.16. The van der Waals surface area contributed by atoms with Gasteiger partial charge in [-0.3, -0.25) is 14.5 Å². The Bertz CT molecular complexity index is 672. The zero-order valence-corrected chi connectivity index (χ0v) is 29.0. The molecular formula is C37H69NO7. The Hall–Kier alpha value is -1.74. The fraction of sp³-hybridized carbons (Fsp3) is 0.838. The van der Waals surface area contributed by atoms with Crippen LogP contribution in [-0.2, 0) is 19.1 Å². The van der Waals surface area contributed by atoms with E-state index in [9.17, 15) is 24.9 Å². The molecule has 0 saturated carbocycles. The molecule has 8 nitrogen and oxygen atoms in total. The molecule has 0 aromatic carbocycles. The third-order valence-corrected chi connectivity index (χ3v) is 7.87. The molecule has 0 aromatic rings. The number of esters is 2. The van der Waals surface area contributed by atoms with E-state index in [-0.39, 0.29) is 18.5 Å². The number of allylic oxidation sites excluding steroid dienone is 2. The van der Waals surface area contributed by atoms with Gasteiger partial charge in [0.2, 0.25) is 0 Å². The first-order valence-corrected chi connectivity index (χ1v) is 18.2. The van der Waals surface area contributed by atoms with Gasteiger partial charge in [0.1, 0.15) is 13.2 Å². The van der Waals surface area contributed by atoms with Crippen molar-refractivity contribution in [1.29, 1.82) is 0 Å². The van der Waals surface area contributed by atoms with E-state index < -0.39 is 12.2 Å². The monoisotopic (exact) mass is 640 g/mol. The zero-order chi connectivity index (χ0) is 33.2. The third-order valence-electron chi connectivity index (χ3n) is 7.87. The number of ether oxygens (including phenoxy) is 2. The maximum Gasteiger partial charge on any atom is 0.306 e. The second-order valence-electron chi connectivity index (χ2n) is 12.4. The van der Waals surface area contributed by atoms with Gasteiger partial charge in [0, 0.05) is 39.1 Å². The number of aliphatic hydroxyl groups excluding tert-OH is 3.